The van der Waals surface area contributed by atoms with Crippen molar-refractivity contribution in [2.45, 2.75) is 44.1 Å². The van der Waals surface area contributed by atoms with E-state index in [0.717, 1.165) is 25.2 Å². The van der Waals surface area contributed by atoms with E-state index in [0.29, 0.717) is 11.5 Å². The Morgan fingerprint density at radius 1 is 1.26 bits per heavy atom. The van der Waals surface area contributed by atoms with E-state index < -0.39 is 5.60 Å². The number of aliphatic hydroxyl groups is 1. The average Bonchev–Trinajstić information content (AvgIpc) is 3.23. The van der Waals surface area contributed by atoms with E-state index >= 15 is 0 Å². The zero-order chi connectivity index (χ0) is 13.5. The predicted octanol–water partition coefficient (Wildman–Crippen LogP) is 3.62. The van der Waals surface area contributed by atoms with Gasteiger partial charge in [0, 0.05) is 0 Å². The molecule has 1 aromatic carbocycles. The molecule has 1 aromatic rings. The Labute approximate surface area is 113 Å². The van der Waals surface area contributed by atoms with Crippen LogP contribution in [0.5, 0.6) is 5.75 Å². The molecule has 2 unspecified atom stereocenters. The Bertz CT molecular complexity index is 470. The van der Waals surface area contributed by atoms with E-state index in [1.165, 1.54) is 32.4 Å². The number of rotatable bonds is 3. The Morgan fingerprint density at radius 3 is 2.68 bits per heavy atom. The van der Waals surface area contributed by atoms with Crippen molar-refractivity contribution < 1.29 is 14.2 Å². The smallest absolute Gasteiger partial charge is 0.165 e. The van der Waals surface area contributed by atoms with Crippen molar-refractivity contribution in [3.05, 3.63) is 29.6 Å². The number of methoxy groups -OCH3 is 1. The van der Waals surface area contributed by atoms with Crippen molar-refractivity contribution in [3.8, 4) is 5.75 Å². The Hall–Kier alpha value is -1.09. The van der Waals surface area contributed by atoms with Crippen molar-refractivity contribution >= 4 is 0 Å². The average molecular weight is 264 g/mol. The zero-order valence-corrected chi connectivity index (χ0v) is 11.4. The Balaban J connectivity index is 1.84. The van der Waals surface area contributed by atoms with Gasteiger partial charge in [0.1, 0.15) is 0 Å². The third-order valence-electron chi connectivity index (χ3n) is 4.74. The summed E-state index contributed by atoms with van der Waals surface area (Å²) in [6.07, 6.45) is 6.37. The minimum atomic E-state index is -0.849. The normalized spacial score (nSPS) is 31.2. The first-order valence-electron chi connectivity index (χ1n) is 7.19. The molecule has 2 saturated carbocycles. The molecule has 2 nitrogen and oxygen atoms in total. The van der Waals surface area contributed by atoms with Crippen LogP contribution in [0.25, 0.3) is 0 Å². The molecule has 0 aliphatic heterocycles. The monoisotopic (exact) mass is 264 g/mol. The lowest BCUT2D eigenvalue weighted by Crippen LogP contribution is -2.33. The summed E-state index contributed by atoms with van der Waals surface area (Å²) in [7, 11) is 1.45. The minimum Gasteiger partial charge on any atom is -0.494 e. The van der Waals surface area contributed by atoms with Gasteiger partial charge in [0.25, 0.3) is 0 Å². The van der Waals surface area contributed by atoms with Gasteiger partial charge in [-0.25, -0.2) is 4.39 Å². The molecule has 0 radical (unpaired) electrons. The van der Waals surface area contributed by atoms with Crippen LogP contribution >= 0.6 is 0 Å². The summed E-state index contributed by atoms with van der Waals surface area (Å²) in [5.74, 6) is 1.27. The number of hydrogen-bond acceptors (Lipinski definition) is 2. The van der Waals surface area contributed by atoms with E-state index in [4.69, 9.17) is 4.74 Å². The van der Waals surface area contributed by atoms with E-state index in [-0.39, 0.29) is 11.6 Å². The van der Waals surface area contributed by atoms with E-state index in [1.54, 1.807) is 12.1 Å². The molecule has 2 aliphatic rings. The van der Waals surface area contributed by atoms with E-state index in [2.05, 4.69) is 0 Å². The largest absolute Gasteiger partial charge is 0.494 e. The van der Waals surface area contributed by atoms with Crippen LogP contribution in [0.4, 0.5) is 4.39 Å². The molecule has 19 heavy (non-hydrogen) atoms. The van der Waals surface area contributed by atoms with Gasteiger partial charge in [-0.05, 0) is 68.1 Å². The fourth-order valence-electron chi connectivity index (χ4n) is 3.48. The van der Waals surface area contributed by atoms with E-state index in [9.17, 15) is 9.50 Å². The SMILES string of the molecule is COc1ccc(C2(O)CCCC(C3CC3)C2)cc1F. The van der Waals surface area contributed by atoms with Gasteiger partial charge in [-0.1, -0.05) is 6.07 Å². The van der Waals surface area contributed by atoms with Gasteiger partial charge >= 0.3 is 0 Å². The maximum atomic E-state index is 13.8. The fraction of sp³-hybridized carbons (Fsp3) is 0.625. The van der Waals surface area contributed by atoms with Crippen molar-refractivity contribution in [2.75, 3.05) is 7.11 Å². The van der Waals surface area contributed by atoms with Crippen LogP contribution in [-0.2, 0) is 5.60 Å². The molecular weight excluding hydrogens is 243 g/mol. The summed E-state index contributed by atoms with van der Waals surface area (Å²) in [6, 6.07) is 4.86. The van der Waals surface area contributed by atoms with Crippen LogP contribution in [0, 0.1) is 17.7 Å². The summed E-state index contributed by atoms with van der Waals surface area (Å²) in [5.41, 5.74) is -0.144. The van der Waals surface area contributed by atoms with Crippen LogP contribution in [0.2, 0.25) is 0 Å². The van der Waals surface area contributed by atoms with Crippen molar-refractivity contribution in [3.63, 3.8) is 0 Å². The van der Waals surface area contributed by atoms with Crippen molar-refractivity contribution in [1.29, 1.82) is 0 Å². The fourth-order valence-corrected chi connectivity index (χ4v) is 3.48. The highest BCUT2D eigenvalue weighted by atomic mass is 19.1. The molecule has 1 N–H and O–H groups in total. The standard InChI is InChI=1S/C16H21FO2/c1-19-15-7-6-13(9-14(15)17)16(18)8-2-3-12(10-16)11-4-5-11/h6-7,9,11-12,18H,2-5,8,10H2,1H3. The van der Waals surface area contributed by atoms with Gasteiger partial charge in [-0.15, -0.1) is 0 Å². The minimum absolute atomic E-state index is 0.238. The molecule has 3 rings (SSSR count). The molecule has 2 atom stereocenters. The Kier molecular flexibility index (Phi) is 3.25. The molecule has 2 aliphatic carbocycles. The quantitative estimate of drug-likeness (QED) is 0.903. The second kappa shape index (κ2) is 4.78. The number of benzene rings is 1. The lowest BCUT2D eigenvalue weighted by Gasteiger charge is -2.37. The molecule has 0 saturated heterocycles. The van der Waals surface area contributed by atoms with Gasteiger partial charge < -0.3 is 9.84 Å². The second-order valence-electron chi connectivity index (χ2n) is 6.07. The van der Waals surface area contributed by atoms with Crippen LogP contribution in [0.3, 0.4) is 0 Å². The van der Waals surface area contributed by atoms with Gasteiger partial charge in [0.15, 0.2) is 11.6 Å². The van der Waals surface area contributed by atoms with Crippen LogP contribution < -0.4 is 4.74 Å². The van der Waals surface area contributed by atoms with Crippen LogP contribution in [0.1, 0.15) is 44.1 Å². The third kappa shape index (κ3) is 2.48. The summed E-state index contributed by atoms with van der Waals surface area (Å²) < 4.78 is 18.7. The van der Waals surface area contributed by atoms with Crippen LogP contribution in [0.15, 0.2) is 18.2 Å². The number of hydrogen-bond donors (Lipinski definition) is 1. The lowest BCUT2D eigenvalue weighted by atomic mass is 9.73. The van der Waals surface area contributed by atoms with Crippen LogP contribution in [-0.4, -0.2) is 12.2 Å². The molecule has 0 aromatic heterocycles. The van der Waals surface area contributed by atoms with E-state index in [1.807, 2.05) is 0 Å². The van der Waals surface area contributed by atoms with Gasteiger partial charge in [-0.3, -0.25) is 0 Å². The molecule has 104 valence electrons. The van der Waals surface area contributed by atoms with Gasteiger partial charge in [0.2, 0.25) is 0 Å². The highest BCUT2D eigenvalue weighted by molar-refractivity contribution is 5.33. The third-order valence-corrected chi connectivity index (χ3v) is 4.74. The predicted molar refractivity (Wildman–Crippen MR) is 71.5 cm³/mol. The molecule has 0 amide bonds. The molecule has 2 fully saturated rings. The first kappa shape index (κ1) is 12.9. The first-order valence-corrected chi connectivity index (χ1v) is 7.19. The second-order valence-corrected chi connectivity index (χ2v) is 6.07. The maximum Gasteiger partial charge on any atom is 0.165 e. The Morgan fingerprint density at radius 2 is 2.05 bits per heavy atom. The first-order chi connectivity index (χ1) is 9.12. The summed E-state index contributed by atoms with van der Waals surface area (Å²) in [4.78, 5) is 0. The molecular formula is C16H21FO2. The van der Waals surface area contributed by atoms with Gasteiger partial charge in [-0.2, -0.15) is 0 Å². The summed E-state index contributed by atoms with van der Waals surface area (Å²) in [5, 5.41) is 10.9. The topological polar surface area (TPSA) is 29.5 Å². The highest BCUT2D eigenvalue weighted by Gasteiger charge is 2.42. The number of halogens is 1. The lowest BCUT2D eigenvalue weighted by molar-refractivity contribution is -0.0253. The van der Waals surface area contributed by atoms with Crippen molar-refractivity contribution in [2.24, 2.45) is 11.8 Å². The molecule has 0 heterocycles. The van der Waals surface area contributed by atoms with Crippen molar-refractivity contribution in [1.82, 2.24) is 0 Å². The molecule has 0 spiro atoms. The van der Waals surface area contributed by atoms with Gasteiger partial charge in [0.05, 0.1) is 12.7 Å². The molecule has 0 bridgehead atoms. The highest BCUT2D eigenvalue weighted by Crippen LogP contribution is 2.49. The molecule has 3 heteroatoms. The maximum absolute atomic E-state index is 13.8. The summed E-state index contributed by atoms with van der Waals surface area (Å²) in [6.45, 7) is 0. The number of ether oxygens (including phenoxy) is 1. The zero-order valence-electron chi connectivity index (χ0n) is 11.4. The summed E-state index contributed by atoms with van der Waals surface area (Å²) >= 11 is 0.